The molecule has 0 fully saturated rings. The van der Waals surface area contributed by atoms with Crippen molar-refractivity contribution in [3.63, 3.8) is 0 Å². The van der Waals surface area contributed by atoms with Crippen LogP contribution in [0.5, 0.6) is 0 Å². The monoisotopic (exact) mass is 340 g/mol. The SMILES string of the molecule is CCC(C)N(CC)c1cc(Br)ccc1CNCC(C)C. The minimum atomic E-state index is 0.568. The van der Waals surface area contributed by atoms with Gasteiger partial charge in [0, 0.05) is 29.3 Å². The Kier molecular flexibility index (Phi) is 7.60. The zero-order valence-electron chi connectivity index (χ0n) is 13.5. The first kappa shape index (κ1) is 17.5. The van der Waals surface area contributed by atoms with Crippen molar-refractivity contribution in [2.75, 3.05) is 18.0 Å². The number of hydrogen-bond donors (Lipinski definition) is 1. The van der Waals surface area contributed by atoms with Crippen LogP contribution in [0.15, 0.2) is 22.7 Å². The lowest BCUT2D eigenvalue weighted by Gasteiger charge is -2.31. The average Bonchev–Trinajstić information content (AvgIpc) is 2.41. The predicted molar refractivity (Wildman–Crippen MR) is 93.5 cm³/mol. The van der Waals surface area contributed by atoms with E-state index in [0.717, 1.165) is 24.1 Å². The maximum Gasteiger partial charge on any atom is 0.0425 e. The molecule has 1 N–H and O–H groups in total. The molecule has 1 aromatic carbocycles. The third-order valence-electron chi connectivity index (χ3n) is 3.69. The minimum absolute atomic E-state index is 0.568. The zero-order chi connectivity index (χ0) is 15.1. The van der Waals surface area contributed by atoms with Gasteiger partial charge in [-0.15, -0.1) is 0 Å². The van der Waals surface area contributed by atoms with Gasteiger partial charge in [-0.05, 0) is 50.4 Å². The van der Waals surface area contributed by atoms with Crippen LogP contribution in [0.2, 0.25) is 0 Å². The molecule has 0 aliphatic heterocycles. The van der Waals surface area contributed by atoms with Gasteiger partial charge in [0.05, 0.1) is 0 Å². The molecule has 1 rings (SSSR count). The number of halogens is 1. The number of benzene rings is 1. The third-order valence-corrected chi connectivity index (χ3v) is 4.18. The van der Waals surface area contributed by atoms with E-state index in [0.29, 0.717) is 12.0 Å². The lowest BCUT2D eigenvalue weighted by atomic mass is 10.1. The topological polar surface area (TPSA) is 15.3 Å². The van der Waals surface area contributed by atoms with Gasteiger partial charge in [0.15, 0.2) is 0 Å². The van der Waals surface area contributed by atoms with Crippen molar-refractivity contribution in [1.29, 1.82) is 0 Å². The molecule has 1 unspecified atom stereocenters. The number of nitrogens with zero attached hydrogens (tertiary/aromatic N) is 1. The summed E-state index contributed by atoms with van der Waals surface area (Å²) in [7, 11) is 0. The minimum Gasteiger partial charge on any atom is -0.369 e. The number of rotatable bonds is 8. The largest absolute Gasteiger partial charge is 0.369 e. The van der Waals surface area contributed by atoms with Crippen LogP contribution in [0.1, 0.15) is 46.6 Å². The summed E-state index contributed by atoms with van der Waals surface area (Å²) in [6.45, 7) is 14.3. The Morgan fingerprint density at radius 1 is 1.20 bits per heavy atom. The number of hydrogen-bond acceptors (Lipinski definition) is 2. The van der Waals surface area contributed by atoms with Crippen LogP contribution in [0.3, 0.4) is 0 Å². The summed E-state index contributed by atoms with van der Waals surface area (Å²) in [6.07, 6.45) is 1.17. The lowest BCUT2D eigenvalue weighted by molar-refractivity contribution is 0.550. The van der Waals surface area contributed by atoms with E-state index in [-0.39, 0.29) is 0 Å². The van der Waals surface area contributed by atoms with E-state index in [2.05, 4.69) is 79.0 Å². The van der Waals surface area contributed by atoms with Crippen LogP contribution in [0, 0.1) is 5.92 Å². The Morgan fingerprint density at radius 2 is 1.90 bits per heavy atom. The van der Waals surface area contributed by atoms with E-state index in [9.17, 15) is 0 Å². The maximum atomic E-state index is 3.61. The van der Waals surface area contributed by atoms with Crippen molar-refractivity contribution < 1.29 is 0 Å². The van der Waals surface area contributed by atoms with E-state index >= 15 is 0 Å². The van der Waals surface area contributed by atoms with Gasteiger partial charge < -0.3 is 10.2 Å². The van der Waals surface area contributed by atoms with Crippen LogP contribution in [0.25, 0.3) is 0 Å². The summed E-state index contributed by atoms with van der Waals surface area (Å²) in [5.74, 6) is 0.686. The Balaban J connectivity index is 2.93. The van der Waals surface area contributed by atoms with Crippen LogP contribution < -0.4 is 10.2 Å². The summed E-state index contributed by atoms with van der Waals surface area (Å²) >= 11 is 3.61. The molecule has 0 heterocycles. The van der Waals surface area contributed by atoms with Crippen molar-refractivity contribution in [1.82, 2.24) is 5.32 Å². The highest BCUT2D eigenvalue weighted by Gasteiger charge is 2.15. The molecular formula is C17H29BrN2. The standard InChI is InChI=1S/C17H29BrN2/c1-6-14(5)20(7-2)17-10-16(18)9-8-15(17)12-19-11-13(3)4/h8-10,13-14,19H,6-7,11-12H2,1-5H3. The second kappa shape index (κ2) is 8.68. The normalized spacial score (nSPS) is 12.8. The lowest BCUT2D eigenvalue weighted by Crippen LogP contribution is -2.33. The van der Waals surface area contributed by atoms with Crippen molar-refractivity contribution in [2.24, 2.45) is 5.92 Å². The fourth-order valence-electron chi connectivity index (χ4n) is 2.39. The van der Waals surface area contributed by atoms with Gasteiger partial charge in [0.2, 0.25) is 0 Å². The maximum absolute atomic E-state index is 3.61. The molecule has 0 saturated carbocycles. The Hall–Kier alpha value is -0.540. The molecule has 20 heavy (non-hydrogen) atoms. The van der Waals surface area contributed by atoms with Crippen LogP contribution in [0.4, 0.5) is 5.69 Å². The molecule has 1 atom stereocenters. The molecule has 2 nitrogen and oxygen atoms in total. The Bertz CT molecular complexity index is 404. The highest BCUT2D eigenvalue weighted by Crippen LogP contribution is 2.27. The van der Waals surface area contributed by atoms with E-state index in [1.165, 1.54) is 17.7 Å². The number of anilines is 1. The highest BCUT2D eigenvalue weighted by atomic mass is 79.9. The second-order valence-corrected chi connectivity index (χ2v) is 6.76. The molecule has 114 valence electrons. The second-order valence-electron chi connectivity index (χ2n) is 5.84. The fraction of sp³-hybridized carbons (Fsp3) is 0.647. The molecule has 0 aliphatic carbocycles. The molecule has 1 aromatic rings. The van der Waals surface area contributed by atoms with Crippen molar-refractivity contribution >= 4 is 21.6 Å². The van der Waals surface area contributed by atoms with Gasteiger partial charge in [-0.25, -0.2) is 0 Å². The van der Waals surface area contributed by atoms with Crippen molar-refractivity contribution in [2.45, 2.75) is 53.6 Å². The third kappa shape index (κ3) is 5.10. The molecule has 0 radical (unpaired) electrons. The molecular weight excluding hydrogens is 312 g/mol. The summed E-state index contributed by atoms with van der Waals surface area (Å²) in [6, 6.07) is 7.19. The predicted octanol–water partition coefficient (Wildman–Crippen LogP) is 4.82. The van der Waals surface area contributed by atoms with E-state index in [1.807, 2.05) is 0 Å². The average molecular weight is 341 g/mol. The molecule has 0 bridgehead atoms. The molecule has 0 aromatic heterocycles. The summed E-state index contributed by atoms with van der Waals surface area (Å²) in [5, 5.41) is 3.55. The molecule has 0 spiro atoms. The van der Waals surface area contributed by atoms with Gasteiger partial charge in [-0.1, -0.05) is 42.8 Å². The van der Waals surface area contributed by atoms with Crippen molar-refractivity contribution in [3.8, 4) is 0 Å². The fourth-order valence-corrected chi connectivity index (χ4v) is 2.74. The van der Waals surface area contributed by atoms with Gasteiger partial charge in [0.1, 0.15) is 0 Å². The van der Waals surface area contributed by atoms with Crippen LogP contribution in [-0.4, -0.2) is 19.1 Å². The molecule has 0 amide bonds. The molecule has 3 heteroatoms. The number of nitrogens with one attached hydrogen (secondary N) is 1. The van der Waals surface area contributed by atoms with E-state index < -0.39 is 0 Å². The van der Waals surface area contributed by atoms with E-state index in [1.54, 1.807) is 0 Å². The highest BCUT2D eigenvalue weighted by molar-refractivity contribution is 9.10. The summed E-state index contributed by atoms with van der Waals surface area (Å²) in [4.78, 5) is 2.50. The Labute approximate surface area is 133 Å². The van der Waals surface area contributed by atoms with Crippen LogP contribution >= 0.6 is 15.9 Å². The van der Waals surface area contributed by atoms with Crippen molar-refractivity contribution in [3.05, 3.63) is 28.2 Å². The quantitative estimate of drug-likeness (QED) is 0.729. The molecule has 0 aliphatic rings. The first-order chi connectivity index (χ1) is 9.49. The molecule has 0 saturated heterocycles. The Morgan fingerprint density at radius 3 is 2.45 bits per heavy atom. The van der Waals surface area contributed by atoms with E-state index in [4.69, 9.17) is 0 Å². The van der Waals surface area contributed by atoms with Gasteiger partial charge in [-0.2, -0.15) is 0 Å². The zero-order valence-corrected chi connectivity index (χ0v) is 15.1. The van der Waals surface area contributed by atoms with Gasteiger partial charge >= 0.3 is 0 Å². The van der Waals surface area contributed by atoms with Crippen LogP contribution in [-0.2, 0) is 6.54 Å². The first-order valence-corrected chi connectivity index (χ1v) is 8.54. The van der Waals surface area contributed by atoms with Gasteiger partial charge in [-0.3, -0.25) is 0 Å². The summed E-state index contributed by atoms with van der Waals surface area (Å²) < 4.78 is 1.15. The summed E-state index contributed by atoms with van der Waals surface area (Å²) in [5.41, 5.74) is 2.74. The smallest absolute Gasteiger partial charge is 0.0425 e. The van der Waals surface area contributed by atoms with Gasteiger partial charge in [0.25, 0.3) is 0 Å². The first-order valence-electron chi connectivity index (χ1n) is 7.75.